The van der Waals surface area contributed by atoms with Crippen molar-refractivity contribution in [3.05, 3.63) is 58.9 Å². The summed E-state index contributed by atoms with van der Waals surface area (Å²) in [7, 11) is 0. The maximum Gasteiger partial charge on any atom is 1.00 e. The van der Waals surface area contributed by atoms with Gasteiger partial charge in [0, 0.05) is 23.7 Å². The molecule has 1 unspecified atom stereocenters. The summed E-state index contributed by atoms with van der Waals surface area (Å²) in [5, 5.41) is 11.1. The van der Waals surface area contributed by atoms with Gasteiger partial charge in [-0.25, -0.2) is 0 Å². The van der Waals surface area contributed by atoms with E-state index in [-0.39, 0.29) is 57.2 Å². The second kappa shape index (κ2) is 7.23. The fourth-order valence-electron chi connectivity index (χ4n) is 2.92. The van der Waals surface area contributed by atoms with Gasteiger partial charge in [-0.3, -0.25) is 4.79 Å². The van der Waals surface area contributed by atoms with E-state index in [4.69, 9.17) is 0 Å². The average Bonchev–Trinajstić information content (AvgIpc) is 3.07. The Morgan fingerprint density at radius 3 is 2.45 bits per heavy atom. The molecule has 2 heterocycles. The Labute approximate surface area is 171 Å². The summed E-state index contributed by atoms with van der Waals surface area (Å²) < 4.78 is 1.80. The molecular formula is C17H16KNO3. The number of carboxylic acids is 1. The van der Waals surface area contributed by atoms with Gasteiger partial charge in [0.1, 0.15) is 0 Å². The Bertz CT molecular complexity index is 703. The number of carbonyl (C=O) groups is 2. The first-order valence-corrected chi connectivity index (χ1v) is 7.15. The van der Waals surface area contributed by atoms with Gasteiger partial charge in [-0.05, 0) is 30.5 Å². The topological polar surface area (TPSA) is 62.1 Å². The van der Waals surface area contributed by atoms with Crippen molar-refractivity contribution in [1.82, 2.24) is 4.57 Å². The van der Waals surface area contributed by atoms with E-state index in [0.717, 1.165) is 6.42 Å². The third-order valence-corrected chi connectivity index (χ3v) is 4.15. The van der Waals surface area contributed by atoms with E-state index in [1.165, 1.54) is 5.56 Å². The summed E-state index contributed by atoms with van der Waals surface area (Å²) in [5.41, 5.74) is 3.04. The minimum Gasteiger partial charge on any atom is -0.549 e. The zero-order chi connectivity index (χ0) is 15.0. The molecular weight excluding hydrogens is 305 g/mol. The molecule has 3 rings (SSSR count). The number of aliphatic carboxylic acids is 1. The van der Waals surface area contributed by atoms with E-state index in [9.17, 15) is 14.7 Å². The van der Waals surface area contributed by atoms with Crippen molar-refractivity contribution in [2.24, 2.45) is 0 Å². The van der Waals surface area contributed by atoms with Crippen LogP contribution in [0.4, 0.5) is 0 Å². The predicted octanol–water partition coefficient (Wildman–Crippen LogP) is -1.48. The van der Waals surface area contributed by atoms with Crippen LogP contribution in [0.5, 0.6) is 0 Å². The molecule has 0 saturated carbocycles. The molecule has 1 atom stereocenters. The molecule has 22 heavy (non-hydrogen) atoms. The molecule has 1 aromatic carbocycles. The van der Waals surface area contributed by atoms with Crippen LogP contribution < -0.4 is 56.5 Å². The number of aromatic nitrogens is 1. The average molecular weight is 321 g/mol. The fraction of sp³-hybridized carbons (Fsp3) is 0.294. The number of rotatable bonds is 4. The Kier molecular flexibility index (Phi) is 5.79. The SMILES string of the molecule is CCc1ccc(C(=O)c2ccc3n2CCC3C(=O)[O-])cc1.[K+]. The minimum atomic E-state index is -1.07. The summed E-state index contributed by atoms with van der Waals surface area (Å²) >= 11 is 0. The maximum atomic E-state index is 12.6. The molecule has 108 valence electrons. The van der Waals surface area contributed by atoms with E-state index < -0.39 is 11.9 Å². The number of aryl methyl sites for hydroxylation is 1. The zero-order valence-electron chi connectivity index (χ0n) is 12.8. The largest absolute Gasteiger partial charge is 1.00 e. The Morgan fingerprint density at radius 2 is 1.86 bits per heavy atom. The van der Waals surface area contributed by atoms with Crippen molar-refractivity contribution in [2.45, 2.75) is 32.2 Å². The van der Waals surface area contributed by atoms with E-state index in [1.54, 1.807) is 16.7 Å². The van der Waals surface area contributed by atoms with Gasteiger partial charge in [-0.2, -0.15) is 0 Å². The van der Waals surface area contributed by atoms with E-state index in [0.29, 0.717) is 29.9 Å². The fourth-order valence-corrected chi connectivity index (χ4v) is 2.92. The molecule has 1 aliphatic rings. The second-order valence-electron chi connectivity index (χ2n) is 5.33. The van der Waals surface area contributed by atoms with Crippen LogP contribution in [0.2, 0.25) is 0 Å². The molecule has 2 aromatic rings. The first kappa shape index (κ1) is 17.6. The van der Waals surface area contributed by atoms with Crippen LogP contribution in [-0.4, -0.2) is 16.3 Å². The van der Waals surface area contributed by atoms with E-state index in [2.05, 4.69) is 6.92 Å². The van der Waals surface area contributed by atoms with Gasteiger partial charge in [0.05, 0.1) is 11.7 Å². The third-order valence-electron chi connectivity index (χ3n) is 4.15. The summed E-state index contributed by atoms with van der Waals surface area (Å²) in [6, 6.07) is 11.0. The minimum absolute atomic E-state index is 0. The van der Waals surface area contributed by atoms with Crippen LogP contribution in [0.1, 0.15) is 46.6 Å². The first-order valence-electron chi connectivity index (χ1n) is 7.15. The number of benzene rings is 1. The van der Waals surface area contributed by atoms with Crippen molar-refractivity contribution in [3.8, 4) is 0 Å². The number of ketones is 1. The molecule has 4 nitrogen and oxygen atoms in total. The number of hydrogen-bond donors (Lipinski definition) is 0. The van der Waals surface area contributed by atoms with Crippen LogP contribution in [0, 0.1) is 0 Å². The van der Waals surface area contributed by atoms with Crippen molar-refractivity contribution in [2.75, 3.05) is 0 Å². The van der Waals surface area contributed by atoms with Gasteiger partial charge >= 0.3 is 51.4 Å². The van der Waals surface area contributed by atoms with Crippen molar-refractivity contribution < 1.29 is 66.1 Å². The van der Waals surface area contributed by atoms with Crippen LogP contribution in [0.3, 0.4) is 0 Å². The molecule has 0 aliphatic carbocycles. The molecule has 1 aromatic heterocycles. The molecule has 0 saturated heterocycles. The van der Waals surface area contributed by atoms with Crippen molar-refractivity contribution in [1.29, 1.82) is 0 Å². The number of nitrogens with zero attached hydrogens (tertiary/aromatic N) is 1. The van der Waals surface area contributed by atoms with Gasteiger partial charge in [0.25, 0.3) is 0 Å². The van der Waals surface area contributed by atoms with Crippen LogP contribution in [0.25, 0.3) is 0 Å². The number of carbonyl (C=O) groups excluding carboxylic acids is 2. The summed E-state index contributed by atoms with van der Waals surface area (Å²) in [4.78, 5) is 23.6. The number of hydrogen-bond acceptors (Lipinski definition) is 3. The summed E-state index contributed by atoms with van der Waals surface area (Å²) in [5.74, 6) is -1.74. The van der Waals surface area contributed by atoms with Gasteiger partial charge in [0.2, 0.25) is 5.78 Å². The quantitative estimate of drug-likeness (QED) is 0.510. The van der Waals surface area contributed by atoms with Gasteiger partial charge in [0.15, 0.2) is 0 Å². The van der Waals surface area contributed by atoms with Crippen molar-refractivity contribution >= 4 is 11.8 Å². The standard InChI is InChI=1S/C17H17NO3.K/c1-2-11-3-5-12(6-4-11)16(19)15-8-7-14-13(17(20)21)9-10-18(14)15;/h3-8,13H,2,9-10H2,1H3,(H,20,21);/q;+1/p-1. The van der Waals surface area contributed by atoms with E-state index in [1.807, 2.05) is 24.3 Å². The zero-order valence-corrected chi connectivity index (χ0v) is 16.0. The van der Waals surface area contributed by atoms with Crippen LogP contribution >= 0.6 is 0 Å². The third kappa shape index (κ3) is 3.14. The predicted molar refractivity (Wildman–Crippen MR) is 76.0 cm³/mol. The Balaban J connectivity index is 0.00000176. The maximum absolute atomic E-state index is 12.6. The van der Waals surface area contributed by atoms with Crippen LogP contribution in [0.15, 0.2) is 36.4 Å². The number of carboxylic acid groups (broad SMARTS) is 1. The smallest absolute Gasteiger partial charge is 0.549 e. The van der Waals surface area contributed by atoms with E-state index >= 15 is 0 Å². The molecule has 0 radical (unpaired) electrons. The molecule has 0 fully saturated rings. The first-order chi connectivity index (χ1) is 10.1. The molecule has 0 spiro atoms. The molecule has 0 N–H and O–H groups in total. The monoisotopic (exact) mass is 321 g/mol. The summed E-state index contributed by atoms with van der Waals surface area (Å²) in [6.07, 6.45) is 1.43. The van der Waals surface area contributed by atoms with Crippen molar-refractivity contribution in [3.63, 3.8) is 0 Å². The normalized spacial score (nSPS) is 16.0. The molecule has 5 heteroatoms. The van der Waals surface area contributed by atoms with Gasteiger partial charge < -0.3 is 14.5 Å². The Hall–Kier alpha value is -0.724. The molecule has 0 bridgehead atoms. The Morgan fingerprint density at radius 1 is 1.18 bits per heavy atom. The molecule has 1 aliphatic heterocycles. The van der Waals surface area contributed by atoms with Gasteiger partial charge in [-0.1, -0.05) is 31.2 Å². The van der Waals surface area contributed by atoms with Gasteiger partial charge in [-0.15, -0.1) is 0 Å². The molecule has 0 amide bonds. The number of fused-ring (bicyclic) bond motifs is 1. The summed E-state index contributed by atoms with van der Waals surface area (Å²) in [6.45, 7) is 2.62. The van der Waals surface area contributed by atoms with Crippen LogP contribution in [-0.2, 0) is 17.8 Å². The second-order valence-corrected chi connectivity index (χ2v) is 5.33.